The van der Waals surface area contributed by atoms with E-state index in [-0.39, 0.29) is 11.1 Å². The van der Waals surface area contributed by atoms with Gasteiger partial charge in [0.25, 0.3) is 5.91 Å². The van der Waals surface area contributed by atoms with E-state index in [0.29, 0.717) is 5.69 Å². The Morgan fingerprint density at radius 2 is 1.11 bits per heavy atom. The molecule has 2 N–H and O–H groups in total. The number of ether oxygens (including phenoxy) is 2. The Bertz CT molecular complexity index is 1280. The molecule has 0 aliphatic heterocycles. The van der Waals surface area contributed by atoms with Crippen LogP contribution in [0, 0.1) is 27.7 Å². The number of carbonyl (C=O) groups excluding carboxylic acids is 3. The molecule has 1 amide bonds. The van der Waals surface area contributed by atoms with Crippen molar-refractivity contribution in [3.8, 4) is 0 Å². The molecule has 0 saturated carbocycles. The lowest BCUT2D eigenvalue weighted by molar-refractivity contribution is -0.157. The smallest absolute Gasteiger partial charge is 0.349 e. The molecule has 0 bridgehead atoms. The number of aliphatic carboxylic acids is 1. The molecule has 0 heterocycles. The Labute approximate surface area is 208 Å². The van der Waals surface area contributed by atoms with E-state index in [0.717, 1.165) is 22.3 Å². The predicted octanol–water partition coefficient (Wildman–Crippen LogP) is 4.39. The van der Waals surface area contributed by atoms with E-state index in [9.17, 15) is 24.3 Å². The molecule has 3 aromatic rings. The van der Waals surface area contributed by atoms with Gasteiger partial charge < -0.3 is 19.9 Å². The van der Waals surface area contributed by atoms with Gasteiger partial charge in [0.1, 0.15) is 0 Å². The topological polar surface area (TPSA) is 119 Å². The molecule has 0 unspecified atom stereocenters. The highest BCUT2D eigenvalue weighted by atomic mass is 16.6. The normalized spacial score (nSPS) is 12.2. The van der Waals surface area contributed by atoms with Gasteiger partial charge in [-0.2, -0.15) is 0 Å². The van der Waals surface area contributed by atoms with Gasteiger partial charge in [0.05, 0.1) is 11.1 Å². The summed E-state index contributed by atoms with van der Waals surface area (Å²) in [5.74, 6) is -4.51. The number of carboxylic acids is 1. The second kappa shape index (κ2) is 11.3. The van der Waals surface area contributed by atoms with Crippen molar-refractivity contribution in [2.75, 3.05) is 5.32 Å². The van der Waals surface area contributed by atoms with Gasteiger partial charge in [-0.15, -0.1) is 0 Å². The van der Waals surface area contributed by atoms with Crippen LogP contribution in [0.2, 0.25) is 0 Å². The molecule has 2 atom stereocenters. The van der Waals surface area contributed by atoms with Crippen LogP contribution >= 0.6 is 0 Å². The quantitative estimate of drug-likeness (QED) is 0.450. The molecule has 0 radical (unpaired) electrons. The number of aryl methyl sites for hydroxylation is 4. The third-order valence-electron chi connectivity index (χ3n) is 5.46. The lowest BCUT2D eigenvalue weighted by Crippen LogP contribution is -2.48. The minimum absolute atomic E-state index is 0.0882. The Morgan fingerprint density at radius 3 is 1.56 bits per heavy atom. The molecule has 186 valence electrons. The van der Waals surface area contributed by atoms with Gasteiger partial charge >= 0.3 is 17.9 Å². The van der Waals surface area contributed by atoms with Gasteiger partial charge in [-0.1, -0.05) is 53.1 Å². The molecule has 36 heavy (non-hydrogen) atoms. The first-order chi connectivity index (χ1) is 17.0. The number of benzene rings is 3. The van der Waals surface area contributed by atoms with Crippen LogP contribution in [0.15, 0.2) is 66.7 Å². The van der Waals surface area contributed by atoms with Crippen molar-refractivity contribution in [2.24, 2.45) is 0 Å². The summed E-state index contributed by atoms with van der Waals surface area (Å²) in [5.41, 5.74) is 4.06. The highest BCUT2D eigenvalue weighted by molar-refractivity contribution is 6.01. The fourth-order valence-corrected chi connectivity index (χ4v) is 3.40. The summed E-state index contributed by atoms with van der Waals surface area (Å²) >= 11 is 0. The van der Waals surface area contributed by atoms with Crippen molar-refractivity contribution in [2.45, 2.75) is 39.9 Å². The first-order valence-corrected chi connectivity index (χ1v) is 11.2. The monoisotopic (exact) mass is 489 g/mol. The second-order valence-corrected chi connectivity index (χ2v) is 8.53. The highest BCUT2D eigenvalue weighted by Crippen LogP contribution is 2.19. The summed E-state index contributed by atoms with van der Waals surface area (Å²) in [6, 6.07) is 17.8. The van der Waals surface area contributed by atoms with E-state index >= 15 is 0 Å². The predicted molar refractivity (Wildman–Crippen MR) is 133 cm³/mol. The molecular formula is C28H27NO7. The summed E-state index contributed by atoms with van der Waals surface area (Å²) in [7, 11) is 0. The van der Waals surface area contributed by atoms with Crippen LogP contribution in [0.25, 0.3) is 0 Å². The van der Waals surface area contributed by atoms with Gasteiger partial charge in [0, 0.05) is 5.69 Å². The van der Waals surface area contributed by atoms with E-state index in [1.54, 1.807) is 43.3 Å². The second-order valence-electron chi connectivity index (χ2n) is 8.53. The van der Waals surface area contributed by atoms with Crippen LogP contribution in [-0.4, -0.2) is 41.1 Å². The van der Waals surface area contributed by atoms with E-state index in [2.05, 4.69) is 5.32 Å². The third kappa shape index (κ3) is 6.56. The largest absolute Gasteiger partial charge is 0.478 e. The molecule has 0 spiro atoms. The van der Waals surface area contributed by atoms with Gasteiger partial charge in [0.15, 0.2) is 0 Å². The molecule has 0 aromatic heterocycles. The summed E-state index contributed by atoms with van der Waals surface area (Å²) in [5, 5.41) is 12.4. The fourth-order valence-electron chi connectivity index (χ4n) is 3.40. The zero-order valence-corrected chi connectivity index (χ0v) is 20.4. The van der Waals surface area contributed by atoms with Crippen LogP contribution in [0.4, 0.5) is 5.69 Å². The Morgan fingerprint density at radius 1 is 0.667 bits per heavy atom. The number of hydrogen-bond donors (Lipinski definition) is 2. The maximum Gasteiger partial charge on any atom is 0.349 e. The van der Waals surface area contributed by atoms with E-state index in [4.69, 9.17) is 9.47 Å². The third-order valence-corrected chi connectivity index (χ3v) is 5.46. The molecule has 0 fully saturated rings. The van der Waals surface area contributed by atoms with Gasteiger partial charge in [-0.25, -0.2) is 14.4 Å². The molecule has 3 aromatic carbocycles. The zero-order chi connectivity index (χ0) is 26.4. The summed E-state index contributed by atoms with van der Waals surface area (Å²) < 4.78 is 10.5. The summed E-state index contributed by atoms with van der Waals surface area (Å²) in [6.07, 6.45) is -4.06. The first kappa shape index (κ1) is 26.2. The molecule has 0 aliphatic carbocycles. The van der Waals surface area contributed by atoms with Crippen LogP contribution in [0.3, 0.4) is 0 Å². The number of nitrogens with one attached hydrogen (secondary N) is 1. The Hall–Kier alpha value is -4.46. The maximum absolute atomic E-state index is 13.2. The van der Waals surface area contributed by atoms with Crippen LogP contribution in [0.1, 0.15) is 43.0 Å². The van der Waals surface area contributed by atoms with Gasteiger partial charge in [-0.3, -0.25) is 4.79 Å². The molecular weight excluding hydrogens is 462 g/mol. The minimum atomic E-state index is -2.10. The number of hydrogen-bond acceptors (Lipinski definition) is 6. The number of amides is 1. The van der Waals surface area contributed by atoms with Crippen molar-refractivity contribution in [3.05, 3.63) is 100 Å². The lowest BCUT2D eigenvalue weighted by atomic mass is 10.1. The highest BCUT2D eigenvalue weighted by Gasteiger charge is 2.41. The standard InChI is InChI=1S/C28H27NO7/c1-16-5-10-20(11-6-16)27(33)35-23(25(30)29-22-14-9-18(3)15-19(22)4)24(26(31)32)36-28(34)21-12-7-17(2)8-13-21/h5-15,23-24H,1-4H3,(H,29,30)(H,31,32)/t23-,24+/m0/s1. The molecule has 0 saturated heterocycles. The average molecular weight is 490 g/mol. The van der Waals surface area contributed by atoms with E-state index in [1.165, 1.54) is 24.3 Å². The average Bonchev–Trinajstić information content (AvgIpc) is 2.83. The van der Waals surface area contributed by atoms with Gasteiger partial charge in [0.2, 0.25) is 12.2 Å². The molecule has 8 heteroatoms. The Kier molecular flexibility index (Phi) is 8.22. The van der Waals surface area contributed by atoms with Crippen molar-refractivity contribution in [1.82, 2.24) is 0 Å². The van der Waals surface area contributed by atoms with Crippen molar-refractivity contribution >= 4 is 29.5 Å². The van der Waals surface area contributed by atoms with Crippen molar-refractivity contribution < 1.29 is 33.8 Å². The first-order valence-electron chi connectivity index (χ1n) is 11.2. The van der Waals surface area contributed by atoms with Crippen LogP contribution in [0.5, 0.6) is 0 Å². The number of rotatable bonds is 8. The summed E-state index contributed by atoms with van der Waals surface area (Å²) in [6.45, 7) is 7.31. The Balaban J connectivity index is 1.92. The molecule has 8 nitrogen and oxygen atoms in total. The lowest BCUT2D eigenvalue weighted by Gasteiger charge is -2.24. The van der Waals surface area contributed by atoms with Crippen LogP contribution in [-0.2, 0) is 19.1 Å². The van der Waals surface area contributed by atoms with Crippen LogP contribution < -0.4 is 5.32 Å². The number of esters is 2. The molecule has 3 rings (SSSR count). The number of carbonyl (C=O) groups is 4. The van der Waals surface area contributed by atoms with E-state index < -0.39 is 36.0 Å². The van der Waals surface area contributed by atoms with Gasteiger partial charge in [-0.05, 0) is 63.6 Å². The SMILES string of the molecule is Cc1ccc(C(=O)O[C@H](C(=O)Nc2ccc(C)cc2C)[C@@H](OC(=O)c2ccc(C)cc2)C(=O)O)cc1. The summed E-state index contributed by atoms with van der Waals surface area (Å²) in [4.78, 5) is 50.9. The van der Waals surface area contributed by atoms with Crippen molar-refractivity contribution in [3.63, 3.8) is 0 Å². The van der Waals surface area contributed by atoms with Crippen molar-refractivity contribution in [1.29, 1.82) is 0 Å². The zero-order valence-electron chi connectivity index (χ0n) is 20.4. The number of carboxylic acid groups (broad SMARTS) is 1. The molecule has 0 aliphatic rings. The maximum atomic E-state index is 13.2. The minimum Gasteiger partial charge on any atom is -0.478 e. The van der Waals surface area contributed by atoms with E-state index in [1.807, 2.05) is 26.8 Å². The fraction of sp³-hybridized carbons (Fsp3) is 0.214. The number of anilines is 1.